The Bertz CT molecular complexity index is 673. The number of aromatic nitrogens is 4. The van der Waals surface area contributed by atoms with E-state index >= 15 is 0 Å². The number of ether oxygens (including phenoxy) is 1. The lowest BCUT2D eigenvalue weighted by atomic mass is 10.0. The van der Waals surface area contributed by atoms with Crippen LogP contribution >= 0.6 is 0 Å². The standard InChI is InChI=1S/C16H22N6O2/c1-16(2,24-12-7-5-4-6-8-12)15(23)22-10-9-21(3)11-13(22)14-17-19-20-18-14/h4-8,13H,9-11H2,1-3H3,(H,17,18,19,20). The highest BCUT2D eigenvalue weighted by Crippen LogP contribution is 2.27. The summed E-state index contributed by atoms with van der Waals surface area (Å²) in [5.74, 6) is 1.10. The molecule has 24 heavy (non-hydrogen) atoms. The van der Waals surface area contributed by atoms with Gasteiger partial charge in [0.05, 0.1) is 0 Å². The molecule has 1 aliphatic rings. The zero-order chi connectivity index (χ0) is 17.2. The monoisotopic (exact) mass is 330 g/mol. The summed E-state index contributed by atoms with van der Waals surface area (Å²) in [5.41, 5.74) is -0.987. The van der Waals surface area contributed by atoms with Crippen LogP contribution in [0.25, 0.3) is 0 Å². The largest absolute Gasteiger partial charge is 0.478 e. The molecule has 1 amide bonds. The van der Waals surface area contributed by atoms with Crippen LogP contribution < -0.4 is 4.74 Å². The molecule has 8 nitrogen and oxygen atoms in total. The van der Waals surface area contributed by atoms with Gasteiger partial charge in [-0.15, -0.1) is 10.2 Å². The van der Waals surface area contributed by atoms with E-state index in [1.165, 1.54) is 0 Å². The van der Waals surface area contributed by atoms with Crippen molar-refractivity contribution in [2.24, 2.45) is 0 Å². The Hall–Kier alpha value is -2.48. The topological polar surface area (TPSA) is 87.2 Å². The first kappa shape index (κ1) is 16.4. The summed E-state index contributed by atoms with van der Waals surface area (Å²) in [4.78, 5) is 17.1. The van der Waals surface area contributed by atoms with Crippen molar-refractivity contribution in [2.75, 3.05) is 26.7 Å². The predicted molar refractivity (Wildman–Crippen MR) is 87.3 cm³/mol. The van der Waals surface area contributed by atoms with Gasteiger partial charge in [-0.2, -0.15) is 5.21 Å². The maximum Gasteiger partial charge on any atom is 0.266 e. The van der Waals surface area contributed by atoms with E-state index in [-0.39, 0.29) is 11.9 Å². The van der Waals surface area contributed by atoms with E-state index in [1.807, 2.05) is 37.4 Å². The first-order valence-electron chi connectivity index (χ1n) is 7.94. The summed E-state index contributed by atoms with van der Waals surface area (Å²) in [6, 6.07) is 9.12. The molecule has 1 N–H and O–H groups in total. The lowest BCUT2D eigenvalue weighted by molar-refractivity contribution is -0.151. The SMILES string of the molecule is CN1CCN(C(=O)C(C)(C)Oc2ccccc2)C(c2nn[nH]n2)C1. The number of nitrogens with zero attached hydrogens (tertiary/aromatic N) is 5. The van der Waals surface area contributed by atoms with Gasteiger partial charge in [-0.25, -0.2) is 0 Å². The van der Waals surface area contributed by atoms with Crippen molar-refractivity contribution < 1.29 is 9.53 Å². The molecule has 128 valence electrons. The van der Waals surface area contributed by atoms with Crippen molar-refractivity contribution in [2.45, 2.75) is 25.5 Å². The molecule has 3 rings (SSSR count). The van der Waals surface area contributed by atoms with Gasteiger partial charge < -0.3 is 14.5 Å². The summed E-state index contributed by atoms with van der Waals surface area (Å²) in [6.07, 6.45) is 0. The average Bonchev–Trinajstić information content (AvgIpc) is 3.09. The van der Waals surface area contributed by atoms with Crippen molar-refractivity contribution in [1.29, 1.82) is 0 Å². The molecule has 1 atom stereocenters. The molecular weight excluding hydrogens is 308 g/mol. The van der Waals surface area contributed by atoms with Crippen LogP contribution in [0.1, 0.15) is 25.7 Å². The first-order valence-corrected chi connectivity index (χ1v) is 7.94. The fourth-order valence-electron chi connectivity index (χ4n) is 2.87. The number of hydrogen-bond donors (Lipinski definition) is 1. The summed E-state index contributed by atoms with van der Waals surface area (Å²) < 4.78 is 5.94. The molecule has 0 aliphatic carbocycles. The third-order valence-corrected chi connectivity index (χ3v) is 4.14. The Labute approximate surface area is 140 Å². The van der Waals surface area contributed by atoms with Gasteiger partial charge in [0, 0.05) is 19.6 Å². The number of H-pyrrole nitrogens is 1. The first-order chi connectivity index (χ1) is 11.5. The quantitative estimate of drug-likeness (QED) is 0.895. The van der Waals surface area contributed by atoms with Crippen LogP contribution in [0, 0.1) is 0 Å². The Morgan fingerprint density at radius 1 is 1.29 bits per heavy atom. The molecule has 2 aromatic rings. The Morgan fingerprint density at radius 2 is 2.04 bits per heavy atom. The van der Waals surface area contributed by atoms with Crippen LogP contribution in [0.15, 0.2) is 30.3 Å². The van der Waals surface area contributed by atoms with Gasteiger partial charge in [-0.1, -0.05) is 23.4 Å². The molecule has 8 heteroatoms. The van der Waals surface area contributed by atoms with Crippen molar-refractivity contribution in [3.8, 4) is 5.75 Å². The van der Waals surface area contributed by atoms with E-state index in [4.69, 9.17) is 4.74 Å². The van der Waals surface area contributed by atoms with Gasteiger partial charge >= 0.3 is 0 Å². The fraction of sp³-hybridized carbons (Fsp3) is 0.500. The van der Waals surface area contributed by atoms with Crippen LogP contribution in [0.4, 0.5) is 0 Å². The number of tetrazole rings is 1. The van der Waals surface area contributed by atoms with Gasteiger partial charge in [0.15, 0.2) is 11.4 Å². The van der Waals surface area contributed by atoms with Crippen molar-refractivity contribution in [3.63, 3.8) is 0 Å². The number of hydrogen-bond acceptors (Lipinski definition) is 6. The minimum absolute atomic E-state index is 0.0887. The Kier molecular flexibility index (Phi) is 4.48. The van der Waals surface area contributed by atoms with Gasteiger partial charge in [-0.3, -0.25) is 4.79 Å². The van der Waals surface area contributed by atoms with Crippen LogP contribution in [-0.2, 0) is 4.79 Å². The second-order valence-corrected chi connectivity index (χ2v) is 6.47. The van der Waals surface area contributed by atoms with Gasteiger partial charge in [0.25, 0.3) is 5.91 Å². The fourth-order valence-corrected chi connectivity index (χ4v) is 2.87. The zero-order valence-corrected chi connectivity index (χ0v) is 14.1. The number of benzene rings is 1. The van der Waals surface area contributed by atoms with E-state index in [0.717, 1.165) is 6.54 Å². The van der Waals surface area contributed by atoms with Crippen LogP contribution in [0.3, 0.4) is 0 Å². The van der Waals surface area contributed by atoms with E-state index in [2.05, 4.69) is 25.5 Å². The minimum atomic E-state index is -0.987. The van der Waals surface area contributed by atoms with Gasteiger partial charge in [0.2, 0.25) is 0 Å². The normalized spacial score (nSPS) is 19.3. The number of piperazine rings is 1. The third-order valence-electron chi connectivity index (χ3n) is 4.14. The summed E-state index contributed by atoms with van der Waals surface area (Å²) in [5, 5.41) is 14.2. The molecule has 1 fully saturated rings. The lowest BCUT2D eigenvalue weighted by Crippen LogP contribution is -2.56. The number of nitrogens with one attached hydrogen (secondary N) is 1. The molecule has 1 unspecified atom stereocenters. The molecule has 2 heterocycles. The number of likely N-dealkylation sites (N-methyl/N-ethyl adjacent to an activating group) is 1. The molecule has 0 spiro atoms. The highest BCUT2D eigenvalue weighted by Gasteiger charge is 2.41. The summed E-state index contributed by atoms with van der Waals surface area (Å²) in [7, 11) is 2.01. The number of amides is 1. The number of carbonyl (C=O) groups is 1. The second kappa shape index (κ2) is 6.56. The van der Waals surface area contributed by atoms with Crippen molar-refractivity contribution in [1.82, 2.24) is 30.4 Å². The number of carbonyl (C=O) groups excluding carboxylic acids is 1. The Balaban J connectivity index is 1.81. The molecule has 0 saturated carbocycles. The second-order valence-electron chi connectivity index (χ2n) is 6.47. The van der Waals surface area contributed by atoms with E-state index in [1.54, 1.807) is 18.7 Å². The molecule has 1 saturated heterocycles. The van der Waals surface area contributed by atoms with Gasteiger partial charge in [-0.05, 0) is 33.0 Å². The number of aromatic amines is 1. The molecule has 1 aromatic heterocycles. The number of para-hydroxylation sites is 1. The minimum Gasteiger partial charge on any atom is -0.478 e. The maximum absolute atomic E-state index is 13.1. The van der Waals surface area contributed by atoms with Crippen molar-refractivity contribution in [3.05, 3.63) is 36.2 Å². The predicted octanol–water partition coefficient (Wildman–Crippen LogP) is 0.872. The van der Waals surface area contributed by atoms with Gasteiger partial charge in [0.1, 0.15) is 11.8 Å². The molecule has 0 bridgehead atoms. The Morgan fingerprint density at radius 3 is 2.71 bits per heavy atom. The van der Waals surface area contributed by atoms with Crippen LogP contribution in [-0.4, -0.2) is 68.6 Å². The van der Waals surface area contributed by atoms with Crippen LogP contribution in [0.5, 0.6) is 5.75 Å². The maximum atomic E-state index is 13.1. The number of rotatable bonds is 4. The van der Waals surface area contributed by atoms with E-state index in [0.29, 0.717) is 24.7 Å². The third kappa shape index (κ3) is 3.38. The molecule has 1 aromatic carbocycles. The molecule has 0 radical (unpaired) electrons. The van der Waals surface area contributed by atoms with E-state index < -0.39 is 5.60 Å². The van der Waals surface area contributed by atoms with Crippen molar-refractivity contribution >= 4 is 5.91 Å². The lowest BCUT2D eigenvalue weighted by Gasteiger charge is -2.41. The average molecular weight is 330 g/mol. The summed E-state index contributed by atoms with van der Waals surface area (Å²) >= 11 is 0. The zero-order valence-electron chi connectivity index (χ0n) is 14.1. The highest BCUT2D eigenvalue weighted by molar-refractivity contribution is 5.85. The van der Waals surface area contributed by atoms with Crippen LogP contribution in [0.2, 0.25) is 0 Å². The van der Waals surface area contributed by atoms with E-state index in [9.17, 15) is 4.79 Å². The smallest absolute Gasteiger partial charge is 0.266 e. The molecular formula is C16H22N6O2. The highest BCUT2D eigenvalue weighted by atomic mass is 16.5. The summed E-state index contributed by atoms with van der Waals surface area (Å²) in [6.45, 7) is 5.62. The molecule has 1 aliphatic heterocycles.